The highest BCUT2D eigenvalue weighted by Gasteiger charge is 2.25. The van der Waals surface area contributed by atoms with Gasteiger partial charge in [-0.3, -0.25) is 9.55 Å². The van der Waals surface area contributed by atoms with Crippen LogP contribution in [0.3, 0.4) is 0 Å². The maximum atomic E-state index is 6.12. The van der Waals surface area contributed by atoms with Gasteiger partial charge in [-0.05, 0) is 43.2 Å². The number of nitrogens with zero attached hydrogens (tertiary/aromatic N) is 3. The predicted molar refractivity (Wildman–Crippen MR) is 103 cm³/mol. The highest BCUT2D eigenvalue weighted by Crippen LogP contribution is 2.38. The van der Waals surface area contributed by atoms with E-state index >= 15 is 0 Å². The molecule has 0 aliphatic heterocycles. The van der Waals surface area contributed by atoms with Gasteiger partial charge in [0.2, 0.25) is 0 Å². The monoisotopic (exact) mass is 347 g/mol. The summed E-state index contributed by atoms with van der Waals surface area (Å²) < 4.78 is 2.33. The van der Waals surface area contributed by atoms with Crippen LogP contribution in [0.2, 0.25) is 5.02 Å². The third-order valence-corrected chi connectivity index (χ3v) is 5.47. The van der Waals surface area contributed by atoms with Gasteiger partial charge in [-0.1, -0.05) is 42.6 Å². The number of hydrogen-bond donors (Lipinski definition) is 0. The van der Waals surface area contributed by atoms with Crippen molar-refractivity contribution in [1.82, 2.24) is 14.5 Å². The van der Waals surface area contributed by atoms with Gasteiger partial charge in [0.15, 0.2) is 0 Å². The molecule has 124 valence electrons. The number of benzene rings is 2. The molecule has 0 saturated heterocycles. The van der Waals surface area contributed by atoms with E-state index in [1.54, 1.807) is 0 Å². The molecule has 1 saturated carbocycles. The fourth-order valence-corrected chi connectivity index (χ4v) is 4.16. The number of halogens is 1. The van der Waals surface area contributed by atoms with Crippen molar-refractivity contribution in [3.63, 3.8) is 0 Å². The second-order valence-electron chi connectivity index (χ2n) is 6.77. The van der Waals surface area contributed by atoms with Gasteiger partial charge in [0, 0.05) is 22.0 Å². The first-order chi connectivity index (χ1) is 12.3. The number of imidazole rings is 1. The summed E-state index contributed by atoms with van der Waals surface area (Å²) in [5, 5.41) is 1.90. The van der Waals surface area contributed by atoms with Gasteiger partial charge in [-0.2, -0.15) is 0 Å². The summed E-state index contributed by atoms with van der Waals surface area (Å²) >= 11 is 6.12. The molecule has 5 rings (SSSR count). The second kappa shape index (κ2) is 5.85. The highest BCUT2D eigenvalue weighted by molar-refractivity contribution is 6.30. The Kier molecular flexibility index (Phi) is 3.49. The lowest BCUT2D eigenvalue weighted by Crippen LogP contribution is -2.05. The molecule has 0 N–H and O–H groups in total. The topological polar surface area (TPSA) is 30.7 Å². The van der Waals surface area contributed by atoms with Gasteiger partial charge in [0.25, 0.3) is 0 Å². The van der Waals surface area contributed by atoms with Gasteiger partial charge >= 0.3 is 0 Å². The van der Waals surface area contributed by atoms with E-state index in [1.807, 2.05) is 24.4 Å². The normalized spacial score (nSPS) is 15.4. The maximum Gasteiger partial charge on any atom is 0.117 e. The molecule has 0 amide bonds. The minimum absolute atomic E-state index is 0.516. The zero-order chi connectivity index (χ0) is 16.8. The first-order valence-corrected chi connectivity index (χ1v) is 9.21. The second-order valence-corrected chi connectivity index (χ2v) is 7.21. The van der Waals surface area contributed by atoms with Crippen LogP contribution in [0.1, 0.15) is 37.4 Å². The van der Waals surface area contributed by atoms with Gasteiger partial charge < -0.3 is 0 Å². The molecule has 0 bridgehead atoms. The Balaban J connectivity index is 1.88. The van der Waals surface area contributed by atoms with Crippen molar-refractivity contribution < 1.29 is 0 Å². The minimum atomic E-state index is 0.516. The summed E-state index contributed by atoms with van der Waals surface area (Å²) in [6.45, 7) is 0. The third-order valence-electron chi connectivity index (χ3n) is 5.22. The first-order valence-electron chi connectivity index (χ1n) is 8.83. The number of aromatic nitrogens is 3. The lowest BCUT2D eigenvalue weighted by Gasteiger charge is -2.14. The van der Waals surface area contributed by atoms with E-state index < -0.39 is 0 Å². The Hall–Kier alpha value is -2.39. The fraction of sp³-hybridized carbons (Fsp3) is 0.238. The Morgan fingerprint density at radius 2 is 1.68 bits per heavy atom. The third kappa shape index (κ3) is 2.42. The zero-order valence-electron chi connectivity index (χ0n) is 13.8. The van der Waals surface area contributed by atoms with Crippen LogP contribution in [0.5, 0.6) is 0 Å². The zero-order valence-corrected chi connectivity index (χ0v) is 14.6. The standard InChI is InChI=1S/C21H18ClN3/c22-15-9-11-16(12-10-15)25-20-17-7-3-4-8-18(17)23-13-19(20)24-21(25)14-5-1-2-6-14/h3-4,7-14H,1-2,5-6H2. The average Bonchev–Trinajstić information content (AvgIpc) is 3.30. The van der Waals surface area contributed by atoms with Crippen LogP contribution in [0.25, 0.3) is 27.6 Å². The van der Waals surface area contributed by atoms with Crippen molar-refractivity contribution in [3.05, 3.63) is 65.6 Å². The Labute approximate surface area is 151 Å². The summed E-state index contributed by atoms with van der Waals surface area (Å²) in [6.07, 6.45) is 6.90. The smallest absolute Gasteiger partial charge is 0.117 e. The number of pyridine rings is 1. The van der Waals surface area contributed by atoms with E-state index in [9.17, 15) is 0 Å². The van der Waals surface area contributed by atoms with Crippen LogP contribution >= 0.6 is 11.6 Å². The first kappa shape index (κ1) is 14.9. The maximum absolute atomic E-state index is 6.12. The molecule has 1 aliphatic carbocycles. The van der Waals surface area contributed by atoms with Crippen LogP contribution in [0.15, 0.2) is 54.7 Å². The fourth-order valence-electron chi connectivity index (χ4n) is 4.03. The van der Waals surface area contributed by atoms with Crippen molar-refractivity contribution in [2.24, 2.45) is 0 Å². The summed E-state index contributed by atoms with van der Waals surface area (Å²) in [5.74, 6) is 1.68. The molecule has 0 spiro atoms. The summed E-state index contributed by atoms with van der Waals surface area (Å²) in [4.78, 5) is 9.61. The van der Waals surface area contributed by atoms with Crippen LogP contribution in [-0.4, -0.2) is 14.5 Å². The minimum Gasteiger partial charge on any atom is -0.295 e. The Bertz CT molecular complexity index is 1060. The quantitative estimate of drug-likeness (QED) is 0.453. The number of rotatable bonds is 2. The lowest BCUT2D eigenvalue weighted by atomic mass is 10.1. The molecular formula is C21H18ClN3. The van der Waals surface area contributed by atoms with Gasteiger partial charge in [-0.15, -0.1) is 0 Å². The molecule has 4 aromatic rings. The molecule has 25 heavy (non-hydrogen) atoms. The van der Waals surface area contributed by atoms with Crippen LogP contribution in [0.4, 0.5) is 0 Å². The Morgan fingerprint density at radius 3 is 2.48 bits per heavy atom. The van der Waals surface area contributed by atoms with E-state index in [0.717, 1.165) is 38.5 Å². The van der Waals surface area contributed by atoms with E-state index in [4.69, 9.17) is 16.6 Å². The number of fused-ring (bicyclic) bond motifs is 3. The molecule has 3 nitrogen and oxygen atoms in total. The number of hydrogen-bond acceptors (Lipinski definition) is 2. The molecule has 1 fully saturated rings. The van der Waals surface area contributed by atoms with E-state index in [0.29, 0.717) is 5.92 Å². The molecule has 0 radical (unpaired) electrons. The average molecular weight is 348 g/mol. The van der Waals surface area contributed by atoms with Crippen LogP contribution in [0, 0.1) is 0 Å². The molecule has 2 aromatic carbocycles. The largest absolute Gasteiger partial charge is 0.295 e. The highest BCUT2D eigenvalue weighted by atomic mass is 35.5. The molecule has 4 heteroatoms. The molecule has 2 heterocycles. The lowest BCUT2D eigenvalue weighted by molar-refractivity contribution is 0.659. The van der Waals surface area contributed by atoms with Crippen LogP contribution in [-0.2, 0) is 0 Å². The van der Waals surface area contributed by atoms with Crippen molar-refractivity contribution in [3.8, 4) is 5.69 Å². The van der Waals surface area contributed by atoms with E-state index in [-0.39, 0.29) is 0 Å². The summed E-state index contributed by atoms with van der Waals surface area (Å²) in [7, 11) is 0. The Morgan fingerprint density at radius 1 is 0.920 bits per heavy atom. The number of para-hydroxylation sites is 1. The molecular weight excluding hydrogens is 330 g/mol. The van der Waals surface area contributed by atoms with Crippen molar-refractivity contribution in [2.45, 2.75) is 31.6 Å². The van der Waals surface area contributed by atoms with Crippen molar-refractivity contribution >= 4 is 33.5 Å². The SMILES string of the molecule is Clc1ccc(-n2c(C3CCCC3)nc3cnc4ccccc4c32)cc1. The van der Waals surface area contributed by atoms with E-state index in [1.165, 1.54) is 25.7 Å². The van der Waals surface area contributed by atoms with Crippen molar-refractivity contribution in [1.29, 1.82) is 0 Å². The molecule has 0 atom stereocenters. The molecule has 2 aromatic heterocycles. The van der Waals surface area contributed by atoms with Gasteiger partial charge in [0.1, 0.15) is 11.3 Å². The molecule has 1 aliphatic rings. The van der Waals surface area contributed by atoms with E-state index in [2.05, 4.69) is 39.9 Å². The predicted octanol–water partition coefficient (Wildman–Crippen LogP) is 5.88. The summed E-state index contributed by atoms with van der Waals surface area (Å²) in [6, 6.07) is 16.4. The van der Waals surface area contributed by atoms with Gasteiger partial charge in [0.05, 0.1) is 17.2 Å². The van der Waals surface area contributed by atoms with Crippen LogP contribution < -0.4 is 0 Å². The van der Waals surface area contributed by atoms with Crippen molar-refractivity contribution in [2.75, 3.05) is 0 Å². The van der Waals surface area contributed by atoms with Gasteiger partial charge in [-0.25, -0.2) is 4.98 Å². The molecule has 0 unspecified atom stereocenters. The summed E-state index contributed by atoms with van der Waals surface area (Å²) in [5.41, 5.74) is 4.23.